The maximum atomic E-state index is 11.5. The van der Waals surface area contributed by atoms with Gasteiger partial charge in [0, 0.05) is 5.56 Å². The summed E-state index contributed by atoms with van der Waals surface area (Å²) in [5.74, 6) is 1.87. The number of hydrogen-bond donors (Lipinski definition) is 3. The second-order valence-corrected chi connectivity index (χ2v) is 4.85. The van der Waals surface area contributed by atoms with E-state index in [9.17, 15) is 4.79 Å². The van der Waals surface area contributed by atoms with E-state index in [4.69, 9.17) is 14.2 Å². The van der Waals surface area contributed by atoms with Crippen molar-refractivity contribution < 1.29 is 14.2 Å². The molecule has 0 aliphatic heterocycles. The first-order valence-corrected chi connectivity index (χ1v) is 7.18. The number of anilines is 1. The average molecular weight is 344 g/mol. The van der Waals surface area contributed by atoms with Gasteiger partial charge in [-0.05, 0) is 12.1 Å². The highest BCUT2D eigenvalue weighted by Gasteiger charge is 2.12. The Hall–Kier alpha value is -3.56. The number of ether oxygens (including phenoxy) is 3. The Labute approximate surface area is 141 Å². The SMILES string of the molecule is COc1cc(/C=N/Nc2[nH]c(=O)nc3nc[nH]c23)cc(OC)c1OC. The van der Waals surface area contributed by atoms with Crippen LogP contribution in [0.25, 0.3) is 11.2 Å². The van der Waals surface area contributed by atoms with E-state index in [0.29, 0.717) is 39.8 Å². The van der Waals surface area contributed by atoms with Crippen LogP contribution in [0.3, 0.4) is 0 Å². The van der Waals surface area contributed by atoms with Crippen molar-refractivity contribution in [2.75, 3.05) is 26.8 Å². The van der Waals surface area contributed by atoms with Gasteiger partial charge in [-0.3, -0.25) is 10.4 Å². The maximum Gasteiger partial charge on any atom is 0.348 e. The summed E-state index contributed by atoms with van der Waals surface area (Å²) >= 11 is 0. The van der Waals surface area contributed by atoms with Crippen molar-refractivity contribution in [3.05, 3.63) is 34.5 Å². The van der Waals surface area contributed by atoms with Crippen LogP contribution in [0.4, 0.5) is 5.82 Å². The molecule has 3 rings (SSSR count). The van der Waals surface area contributed by atoms with Crippen LogP contribution >= 0.6 is 0 Å². The molecule has 0 atom stereocenters. The van der Waals surface area contributed by atoms with Crippen LogP contribution in [0.15, 0.2) is 28.4 Å². The second-order valence-electron chi connectivity index (χ2n) is 4.85. The lowest BCUT2D eigenvalue weighted by Gasteiger charge is -2.12. The smallest absolute Gasteiger partial charge is 0.348 e. The third-order valence-electron chi connectivity index (χ3n) is 3.39. The van der Waals surface area contributed by atoms with E-state index in [2.05, 4.69) is 30.5 Å². The number of benzene rings is 1. The number of hydrazone groups is 1. The molecule has 0 saturated carbocycles. The Kier molecular flexibility index (Phi) is 4.50. The zero-order valence-corrected chi connectivity index (χ0v) is 13.8. The Morgan fingerprint density at radius 1 is 1.16 bits per heavy atom. The Bertz CT molecular complexity index is 953. The van der Waals surface area contributed by atoms with Crippen LogP contribution in [-0.2, 0) is 0 Å². The first kappa shape index (κ1) is 16.3. The zero-order chi connectivity index (χ0) is 17.8. The van der Waals surface area contributed by atoms with E-state index >= 15 is 0 Å². The van der Waals surface area contributed by atoms with Crippen molar-refractivity contribution in [3.8, 4) is 17.2 Å². The molecule has 3 aromatic rings. The van der Waals surface area contributed by atoms with Crippen LogP contribution in [0.1, 0.15) is 5.56 Å². The fraction of sp³-hybridized carbons (Fsp3) is 0.200. The molecule has 10 nitrogen and oxygen atoms in total. The number of aromatic nitrogens is 4. The molecule has 3 N–H and O–H groups in total. The minimum absolute atomic E-state index is 0.300. The fourth-order valence-electron chi connectivity index (χ4n) is 2.28. The lowest BCUT2D eigenvalue weighted by atomic mass is 10.2. The highest BCUT2D eigenvalue weighted by Crippen LogP contribution is 2.37. The molecule has 0 amide bonds. The third-order valence-corrected chi connectivity index (χ3v) is 3.39. The second kappa shape index (κ2) is 6.91. The monoisotopic (exact) mass is 344 g/mol. The van der Waals surface area contributed by atoms with Gasteiger partial charge >= 0.3 is 5.69 Å². The molecule has 0 spiro atoms. The molecule has 10 heteroatoms. The molecule has 2 heterocycles. The van der Waals surface area contributed by atoms with Gasteiger partial charge in [-0.2, -0.15) is 10.1 Å². The van der Waals surface area contributed by atoms with E-state index in [1.54, 1.807) is 18.3 Å². The van der Waals surface area contributed by atoms with Crippen molar-refractivity contribution in [1.29, 1.82) is 0 Å². The van der Waals surface area contributed by atoms with Gasteiger partial charge in [-0.25, -0.2) is 9.78 Å². The first-order valence-electron chi connectivity index (χ1n) is 7.18. The summed E-state index contributed by atoms with van der Waals surface area (Å²) in [6, 6.07) is 3.49. The molecule has 0 aliphatic carbocycles. The summed E-state index contributed by atoms with van der Waals surface area (Å²) in [5, 5.41) is 4.12. The number of imidazole rings is 1. The maximum absolute atomic E-state index is 11.5. The Balaban J connectivity index is 1.89. The number of nitrogens with one attached hydrogen (secondary N) is 3. The van der Waals surface area contributed by atoms with Gasteiger partial charge < -0.3 is 19.2 Å². The largest absolute Gasteiger partial charge is 0.493 e. The zero-order valence-electron chi connectivity index (χ0n) is 13.8. The van der Waals surface area contributed by atoms with Crippen LogP contribution in [0.2, 0.25) is 0 Å². The van der Waals surface area contributed by atoms with Crippen LogP contribution in [-0.4, -0.2) is 47.5 Å². The van der Waals surface area contributed by atoms with Gasteiger partial charge in [0.2, 0.25) is 5.75 Å². The van der Waals surface area contributed by atoms with Gasteiger partial charge in [0.15, 0.2) is 23.0 Å². The highest BCUT2D eigenvalue weighted by molar-refractivity contribution is 5.85. The number of H-pyrrole nitrogens is 2. The van der Waals surface area contributed by atoms with Crippen LogP contribution in [0.5, 0.6) is 17.2 Å². The summed E-state index contributed by atoms with van der Waals surface area (Å²) in [6.07, 6.45) is 2.99. The summed E-state index contributed by atoms with van der Waals surface area (Å²) in [4.78, 5) is 24.6. The number of methoxy groups -OCH3 is 3. The van der Waals surface area contributed by atoms with E-state index in [1.165, 1.54) is 27.7 Å². The number of aromatic amines is 2. The van der Waals surface area contributed by atoms with Crippen molar-refractivity contribution in [2.45, 2.75) is 0 Å². The van der Waals surface area contributed by atoms with Crippen molar-refractivity contribution in [2.24, 2.45) is 5.10 Å². The molecule has 0 unspecified atom stereocenters. The first-order chi connectivity index (χ1) is 12.2. The molecular weight excluding hydrogens is 328 g/mol. The number of nitrogens with zero attached hydrogens (tertiary/aromatic N) is 3. The Morgan fingerprint density at radius 3 is 2.52 bits per heavy atom. The third kappa shape index (κ3) is 3.22. The predicted molar refractivity (Wildman–Crippen MR) is 91.8 cm³/mol. The van der Waals surface area contributed by atoms with Crippen molar-refractivity contribution in [3.63, 3.8) is 0 Å². The van der Waals surface area contributed by atoms with E-state index in [0.717, 1.165) is 0 Å². The number of hydrogen-bond acceptors (Lipinski definition) is 8. The molecule has 0 bridgehead atoms. The van der Waals surface area contributed by atoms with Gasteiger partial charge in [0.05, 0.1) is 33.9 Å². The molecule has 130 valence electrons. The normalized spacial score (nSPS) is 11.0. The fourth-order valence-corrected chi connectivity index (χ4v) is 2.28. The minimum Gasteiger partial charge on any atom is -0.493 e. The Morgan fingerprint density at radius 2 is 1.88 bits per heavy atom. The lowest BCUT2D eigenvalue weighted by Crippen LogP contribution is -2.12. The molecule has 0 aliphatic rings. The standard InChI is InChI=1S/C15H16N6O4/c1-23-9-4-8(5-10(24-2)12(9)25-3)6-18-21-14-11-13(17-7-16-11)19-15(22)20-14/h4-7H,1-3H3,(H3,16,17,19,20,21,22)/b18-6+. The molecular formula is C15H16N6O4. The topological polar surface area (TPSA) is 127 Å². The molecule has 0 saturated heterocycles. The number of rotatable bonds is 6. The predicted octanol–water partition coefficient (Wildman–Crippen LogP) is 1.12. The highest BCUT2D eigenvalue weighted by atomic mass is 16.5. The van der Waals surface area contributed by atoms with Crippen molar-refractivity contribution >= 4 is 23.2 Å². The van der Waals surface area contributed by atoms with E-state index < -0.39 is 5.69 Å². The van der Waals surface area contributed by atoms with Gasteiger partial charge in [0.25, 0.3) is 0 Å². The lowest BCUT2D eigenvalue weighted by molar-refractivity contribution is 0.324. The molecule has 25 heavy (non-hydrogen) atoms. The summed E-state index contributed by atoms with van der Waals surface area (Å²) in [7, 11) is 4.60. The minimum atomic E-state index is -0.523. The van der Waals surface area contributed by atoms with Crippen LogP contribution < -0.4 is 25.3 Å². The van der Waals surface area contributed by atoms with E-state index in [-0.39, 0.29) is 0 Å². The molecule has 0 fully saturated rings. The quantitative estimate of drug-likeness (QED) is 0.452. The van der Waals surface area contributed by atoms with E-state index in [1.807, 2.05) is 0 Å². The summed E-state index contributed by atoms with van der Waals surface area (Å²) in [6.45, 7) is 0. The summed E-state index contributed by atoms with van der Waals surface area (Å²) < 4.78 is 15.9. The average Bonchev–Trinajstić information content (AvgIpc) is 3.09. The number of fused-ring (bicyclic) bond motifs is 1. The molecule has 0 radical (unpaired) electrons. The summed E-state index contributed by atoms with van der Waals surface area (Å²) in [5.41, 5.74) is 3.78. The molecule has 1 aromatic carbocycles. The van der Waals surface area contributed by atoms with Crippen LogP contribution in [0, 0.1) is 0 Å². The van der Waals surface area contributed by atoms with Gasteiger partial charge in [-0.15, -0.1) is 0 Å². The van der Waals surface area contributed by atoms with Gasteiger partial charge in [-0.1, -0.05) is 0 Å². The van der Waals surface area contributed by atoms with Gasteiger partial charge in [0.1, 0.15) is 5.52 Å². The molecule has 2 aromatic heterocycles. The van der Waals surface area contributed by atoms with Crippen molar-refractivity contribution in [1.82, 2.24) is 19.9 Å².